The van der Waals surface area contributed by atoms with Crippen LogP contribution in [-0.2, 0) is 11.3 Å². The van der Waals surface area contributed by atoms with Gasteiger partial charge >= 0.3 is 0 Å². The number of nitrogens with one attached hydrogen (secondary N) is 1. The van der Waals surface area contributed by atoms with Gasteiger partial charge in [0.1, 0.15) is 18.2 Å². The zero-order valence-electron chi connectivity index (χ0n) is 15.4. The summed E-state index contributed by atoms with van der Waals surface area (Å²) in [6.07, 6.45) is 3.35. The Bertz CT molecular complexity index is 751. The first kappa shape index (κ1) is 19.1. The topological polar surface area (TPSA) is 41.6 Å². The summed E-state index contributed by atoms with van der Waals surface area (Å²) in [4.78, 5) is 14.8. The lowest BCUT2D eigenvalue weighted by Crippen LogP contribution is -2.37. The van der Waals surface area contributed by atoms with Crippen LogP contribution in [0.5, 0.6) is 5.75 Å². The number of rotatable bonds is 7. The number of piperidine rings is 1. The molecule has 5 heteroatoms. The quantitative estimate of drug-likeness (QED) is 0.743. The Kier molecular flexibility index (Phi) is 6.60. The number of likely N-dealkylation sites (tertiary alicyclic amines) is 1. The highest BCUT2D eigenvalue weighted by Crippen LogP contribution is 2.22. The number of carbonyl (C=O) groups is 1. The van der Waals surface area contributed by atoms with Gasteiger partial charge in [-0.25, -0.2) is 4.39 Å². The highest BCUT2D eigenvalue weighted by molar-refractivity contribution is 5.92. The highest BCUT2D eigenvalue weighted by Gasteiger charge is 2.25. The van der Waals surface area contributed by atoms with E-state index in [2.05, 4.69) is 16.8 Å². The number of benzene rings is 2. The van der Waals surface area contributed by atoms with E-state index >= 15 is 0 Å². The molecular formula is C22H25FN2O2. The second kappa shape index (κ2) is 9.33. The number of halogens is 1. The maximum atomic E-state index is 13.0. The molecule has 1 N–H and O–H groups in total. The lowest BCUT2D eigenvalue weighted by atomic mass is 9.95. The molecule has 1 aliphatic rings. The average Bonchev–Trinajstić information content (AvgIpc) is 2.70. The molecule has 0 bridgehead atoms. The first-order valence-electron chi connectivity index (χ1n) is 9.25. The van der Waals surface area contributed by atoms with Crippen LogP contribution in [0.2, 0.25) is 0 Å². The van der Waals surface area contributed by atoms with Crippen LogP contribution >= 0.6 is 0 Å². The molecule has 2 aromatic rings. The molecule has 1 saturated heterocycles. The summed E-state index contributed by atoms with van der Waals surface area (Å²) in [5, 5.41) is 2.99. The zero-order chi connectivity index (χ0) is 19.1. The molecule has 0 atom stereocenters. The smallest absolute Gasteiger partial charge is 0.227 e. The van der Waals surface area contributed by atoms with E-state index in [0.717, 1.165) is 49.5 Å². The Morgan fingerprint density at radius 1 is 1.15 bits per heavy atom. The second-order valence-electron chi connectivity index (χ2n) is 6.79. The molecule has 2 aromatic carbocycles. The van der Waals surface area contributed by atoms with Crippen molar-refractivity contribution in [2.24, 2.45) is 5.92 Å². The largest absolute Gasteiger partial charge is 0.490 e. The van der Waals surface area contributed by atoms with Crippen molar-refractivity contribution in [3.63, 3.8) is 0 Å². The molecule has 4 nitrogen and oxygen atoms in total. The van der Waals surface area contributed by atoms with Crippen molar-refractivity contribution >= 4 is 11.6 Å². The summed E-state index contributed by atoms with van der Waals surface area (Å²) < 4.78 is 18.4. The van der Waals surface area contributed by atoms with E-state index in [-0.39, 0.29) is 17.6 Å². The fourth-order valence-electron chi connectivity index (χ4n) is 3.24. The molecule has 3 rings (SSSR count). The SMILES string of the molecule is C=CCOc1ccc(NC(=O)C2CCN(Cc3ccc(F)cc3)CC2)cc1. The van der Waals surface area contributed by atoms with Crippen molar-refractivity contribution in [2.75, 3.05) is 25.0 Å². The molecular weight excluding hydrogens is 343 g/mol. The third-order valence-corrected chi connectivity index (χ3v) is 4.77. The van der Waals surface area contributed by atoms with Crippen molar-refractivity contribution in [1.29, 1.82) is 0 Å². The monoisotopic (exact) mass is 368 g/mol. The second-order valence-corrected chi connectivity index (χ2v) is 6.79. The minimum atomic E-state index is -0.213. The molecule has 1 amide bonds. The van der Waals surface area contributed by atoms with Crippen LogP contribution in [0.1, 0.15) is 18.4 Å². The normalized spacial score (nSPS) is 15.3. The number of carbonyl (C=O) groups excluding carboxylic acids is 1. The Balaban J connectivity index is 1.45. The Morgan fingerprint density at radius 3 is 2.44 bits per heavy atom. The van der Waals surface area contributed by atoms with Gasteiger partial charge in [0.2, 0.25) is 5.91 Å². The average molecular weight is 368 g/mol. The summed E-state index contributed by atoms with van der Waals surface area (Å²) in [7, 11) is 0. The molecule has 0 aliphatic carbocycles. The number of amides is 1. The Hall–Kier alpha value is -2.66. The first-order valence-corrected chi connectivity index (χ1v) is 9.25. The summed E-state index contributed by atoms with van der Waals surface area (Å²) in [6.45, 7) is 6.60. The van der Waals surface area contributed by atoms with Gasteiger partial charge < -0.3 is 10.1 Å². The van der Waals surface area contributed by atoms with Crippen molar-refractivity contribution in [1.82, 2.24) is 4.90 Å². The molecule has 0 unspecified atom stereocenters. The van der Waals surface area contributed by atoms with Crippen LogP contribution < -0.4 is 10.1 Å². The van der Waals surface area contributed by atoms with Gasteiger partial charge in [0.25, 0.3) is 0 Å². The van der Waals surface area contributed by atoms with E-state index in [1.54, 1.807) is 6.08 Å². The molecule has 27 heavy (non-hydrogen) atoms. The summed E-state index contributed by atoms with van der Waals surface area (Å²) in [5.41, 5.74) is 1.87. The molecule has 1 heterocycles. The minimum Gasteiger partial charge on any atom is -0.490 e. The summed E-state index contributed by atoms with van der Waals surface area (Å²) in [5.74, 6) is 0.624. The van der Waals surface area contributed by atoms with Gasteiger partial charge in [0, 0.05) is 18.2 Å². The molecule has 142 valence electrons. The van der Waals surface area contributed by atoms with Gasteiger partial charge in [0.15, 0.2) is 0 Å². The van der Waals surface area contributed by atoms with Crippen molar-refractivity contribution < 1.29 is 13.9 Å². The van der Waals surface area contributed by atoms with E-state index in [1.165, 1.54) is 12.1 Å². The van der Waals surface area contributed by atoms with Crippen LogP contribution in [0.25, 0.3) is 0 Å². The molecule has 0 saturated carbocycles. The van der Waals surface area contributed by atoms with E-state index in [4.69, 9.17) is 4.74 Å². The van der Waals surface area contributed by atoms with Crippen molar-refractivity contribution in [3.05, 3.63) is 72.6 Å². The summed E-state index contributed by atoms with van der Waals surface area (Å²) in [6, 6.07) is 14.0. The lowest BCUT2D eigenvalue weighted by molar-refractivity contribution is -0.121. The fraction of sp³-hybridized carbons (Fsp3) is 0.318. The Morgan fingerprint density at radius 2 is 1.81 bits per heavy atom. The molecule has 0 aromatic heterocycles. The van der Waals surface area contributed by atoms with E-state index in [9.17, 15) is 9.18 Å². The van der Waals surface area contributed by atoms with Gasteiger partial charge in [0.05, 0.1) is 0 Å². The number of hydrogen-bond donors (Lipinski definition) is 1. The van der Waals surface area contributed by atoms with Crippen LogP contribution in [-0.4, -0.2) is 30.5 Å². The standard InChI is InChI=1S/C22H25FN2O2/c1-2-15-27-21-9-7-20(8-10-21)24-22(26)18-11-13-25(14-12-18)16-17-3-5-19(23)6-4-17/h2-10,18H,1,11-16H2,(H,24,26). The van der Waals surface area contributed by atoms with Crippen molar-refractivity contribution in [3.8, 4) is 5.75 Å². The molecule has 1 fully saturated rings. The maximum Gasteiger partial charge on any atom is 0.227 e. The number of nitrogens with zero attached hydrogens (tertiary/aromatic N) is 1. The van der Waals surface area contributed by atoms with Crippen LogP contribution in [0.4, 0.5) is 10.1 Å². The van der Waals surface area contributed by atoms with E-state index in [0.29, 0.717) is 6.61 Å². The number of ether oxygens (including phenoxy) is 1. The molecule has 0 radical (unpaired) electrons. The first-order chi connectivity index (χ1) is 13.1. The van der Waals surface area contributed by atoms with Gasteiger partial charge in [-0.05, 0) is 67.9 Å². The zero-order valence-corrected chi connectivity index (χ0v) is 15.4. The molecule has 0 spiro atoms. The number of anilines is 1. The van der Waals surface area contributed by atoms with Crippen LogP contribution in [0, 0.1) is 11.7 Å². The van der Waals surface area contributed by atoms with Gasteiger partial charge in [-0.15, -0.1) is 0 Å². The van der Waals surface area contributed by atoms with E-state index < -0.39 is 0 Å². The van der Waals surface area contributed by atoms with Crippen LogP contribution in [0.15, 0.2) is 61.2 Å². The predicted octanol–water partition coefficient (Wildman–Crippen LogP) is 4.24. The number of hydrogen-bond acceptors (Lipinski definition) is 3. The van der Waals surface area contributed by atoms with E-state index in [1.807, 2.05) is 36.4 Å². The Labute approximate surface area is 159 Å². The van der Waals surface area contributed by atoms with Gasteiger partial charge in [-0.3, -0.25) is 9.69 Å². The van der Waals surface area contributed by atoms with Crippen molar-refractivity contribution in [2.45, 2.75) is 19.4 Å². The van der Waals surface area contributed by atoms with Gasteiger partial charge in [-0.1, -0.05) is 24.8 Å². The lowest BCUT2D eigenvalue weighted by Gasteiger charge is -2.31. The van der Waals surface area contributed by atoms with Gasteiger partial charge in [-0.2, -0.15) is 0 Å². The molecule has 1 aliphatic heterocycles. The predicted molar refractivity (Wildman–Crippen MR) is 105 cm³/mol. The van der Waals surface area contributed by atoms with Crippen LogP contribution in [0.3, 0.4) is 0 Å². The summed E-state index contributed by atoms with van der Waals surface area (Å²) >= 11 is 0. The fourth-order valence-corrected chi connectivity index (χ4v) is 3.24. The third-order valence-electron chi connectivity index (χ3n) is 4.77. The maximum absolute atomic E-state index is 13.0. The minimum absolute atomic E-state index is 0.0196. The third kappa shape index (κ3) is 5.66. The highest BCUT2D eigenvalue weighted by atomic mass is 19.1.